The van der Waals surface area contributed by atoms with E-state index in [9.17, 15) is 10.2 Å². The van der Waals surface area contributed by atoms with Crippen molar-refractivity contribution in [3.63, 3.8) is 0 Å². The molecule has 0 saturated carbocycles. The van der Waals surface area contributed by atoms with Crippen LogP contribution < -0.4 is 0 Å². The normalized spacial score (nSPS) is 9.50. The van der Waals surface area contributed by atoms with Crippen LogP contribution in [-0.4, -0.2) is 10.2 Å². The molecule has 1 aromatic carbocycles. The Hall–Kier alpha value is -3.74. The maximum atomic E-state index is 9.75. The number of allylic oxidation sites excluding steroid dienone is 2. The van der Waals surface area contributed by atoms with Gasteiger partial charge in [0.2, 0.25) is 0 Å². The highest BCUT2D eigenvalue weighted by Crippen LogP contribution is 2.30. The molecule has 94 valence electrons. The van der Waals surface area contributed by atoms with Crippen LogP contribution in [0.2, 0.25) is 0 Å². The van der Waals surface area contributed by atoms with E-state index in [0.29, 0.717) is 0 Å². The molecule has 0 heterocycles. The third-order valence-electron chi connectivity index (χ3n) is 2.24. The number of phenols is 2. The Labute approximate surface area is 114 Å². The molecule has 0 fully saturated rings. The van der Waals surface area contributed by atoms with Crippen LogP contribution in [0.5, 0.6) is 11.5 Å². The highest BCUT2D eigenvalue weighted by molar-refractivity contribution is 5.72. The van der Waals surface area contributed by atoms with Gasteiger partial charge in [0.25, 0.3) is 5.70 Å². The second-order valence-electron chi connectivity index (χ2n) is 3.50. The summed E-state index contributed by atoms with van der Waals surface area (Å²) in [5, 5.41) is 45.4. The van der Waals surface area contributed by atoms with Gasteiger partial charge in [-0.05, 0) is 24.3 Å². The molecule has 0 aliphatic carbocycles. The fourth-order valence-corrected chi connectivity index (χ4v) is 1.32. The van der Waals surface area contributed by atoms with E-state index in [2.05, 4.69) is 4.85 Å². The van der Waals surface area contributed by atoms with E-state index in [-0.39, 0.29) is 33.9 Å². The molecule has 2 N–H and O–H groups in total. The number of nitrogens with zero attached hydrogens (tertiary/aromatic N) is 4. The number of nitriles is 3. The molecule has 6 heteroatoms. The van der Waals surface area contributed by atoms with Gasteiger partial charge in [0.1, 0.15) is 29.2 Å². The Kier molecular flexibility index (Phi) is 4.48. The Balaban J connectivity index is 3.40. The summed E-state index contributed by atoms with van der Waals surface area (Å²) >= 11 is 0. The summed E-state index contributed by atoms with van der Waals surface area (Å²) in [6, 6.07) is 7.15. The fraction of sp³-hybridized carbons (Fsp3) is 0. The summed E-state index contributed by atoms with van der Waals surface area (Å²) < 4.78 is 0. The van der Waals surface area contributed by atoms with E-state index in [1.807, 2.05) is 0 Å². The first-order valence-electron chi connectivity index (χ1n) is 5.12. The van der Waals surface area contributed by atoms with Gasteiger partial charge in [0.15, 0.2) is 0 Å². The molecule has 0 unspecified atom stereocenters. The molecule has 0 radical (unpaired) electrons. The van der Waals surface area contributed by atoms with Crippen LogP contribution in [0.1, 0.15) is 11.1 Å². The topological polar surface area (TPSA) is 116 Å². The summed E-state index contributed by atoms with van der Waals surface area (Å²) in [5.74, 6) is -0.583. The number of rotatable bonds is 2. The van der Waals surface area contributed by atoms with E-state index in [1.54, 1.807) is 18.2 Å². The zero-order valence-electron chi connectivity index (χ0n) is 9.99. The van der Waals surface area contributed by atoms with E-state index in [1.165, 1.54) is 0 Å². The van der Waals surface area contributed by atoms with Crippen molar-refractivity contribution in [2.45, 2.75) is 0 Å². The van der Waals surface area contributed by atoms with Crippen LogP contribution >= 0.6 is 0 Å². The summed E-state index contributed by atoms with van der Waals surface area (Å²) in [6.45, 7) is 6.73. The predicted octanol–water partition coefficient (Wildman–Crippen LogP) is 2.31. The molecule has 0 spiro atoms. The van der Waals surface area contributed by atoms with Crippen molar-refractivity contribution in [1.82, 2.24) is 0 Å². The van der Waals surface area contributed by atoms with Gasteiger partial charge in [-0.1, -0.05) is 0 Å². The minimum absolute atomic E-state index is 0.0825. The molecule has 0 aromatic heterocycles. The smallest absolute Gasteiger partial charge is 0.262 e. The zero-order valence-corrected chi connectivity index (χ0v) is 9.99. The number of hydrogen-bond acceptors (Lipinski definition) is 5. The Morgan fingerprint density at radius 1 is 1.00 bits per heavy atom. The first kappa shape index (κ1) is 14.3. The summed E-state index contributed by atoms with van der Waals surface area (Å²) in [5.41, 5.74) is -0.318. The zero-order chi connectivity index (χ0) is 15.1. The maximum absolute atomic E-state index is 9.75. The van der Waals surface area contributed by atoms with Crippen LogP contribution in [-0.2, 0) is 0 Å². The van der Waals surface area contributed by atoms with Crippen molar-refractivity contribution in [3.8, 4) is 29.7 Å². The quantitative estimate of drug-likeness (QED) is 0.482. The van der Waals surface area contributed by atoms with Crippen LogP contribution in [0.3, 0.4) is 0 Å². The Morgan fingerprint density at radius 3 is 1.90 bits per heavy atom. The fourth-order valence-electron chi connectivity index (χ4n) is 1.32. The first-order chi connectivity index (χ1) is 9.55. The Bertz CT molecular complexity index is 678. The molecule has 0 saturated heterocycles. The van der Waals surface area contributed by atoms with Crippen molar-refractivity contribution in [3.05, 3.63) is 45.9 Å². The lowest BCUT2D eigenvalue weighted by atomic mass is 10.1. The lowest BCUT2D eigenvalue weighted by Crippen LogP contribution is -1.83. The number of phenolic OH excluding ortho intramolecular Hbond substituents is 2. The number of hydrogen-bond donors (Lipinski definition) is 2. The molecule has 0 aliphatic rings. The predicted molar refractivity (Wildman–Crippen MR) is 69.2 cm³/mol. The molecule has 1 rings (SSSR count). The SMILES string of the molecule is [C-]#[N+]/C(C#N)=C/c1cc(O)c(C=C(C#N)C#N)cc1O. The third-order valence-corrected chi connectivity index (χ3v) is 2.24. The largest absolute Gasteiger partial charge is 0.507 e. The first-order valence-corrected chi connectivity index (χ1v) is 5.12. The van der Waals surface area contributed by atoms with Gasteiger partial charge >= 0.3 is 0 Å². The maximum Gasteiger partial charge on any atom is 0.262 e. The van der Waals surface area contributed by atoms with E-state index < -0.39 is 0 Å². The summed E-state index contributed by atoms with van der Waals surface area (Å²) in [6.07, 6.45) is 2.23. The van der Waals surface area contributed by atoms with Gasteiger partial charge in [0.05, 0.1) is 12.6 Å². The molecular weight excluding hydrogens is 256 g/mol. The molecule has 0 atom stereocenters. The molecule has 0 amide bonds. The third kappa shape index (κ3) is 3.14. The van der Waals surface area contributed by atoms with Gasteiger partial charge in [-0.15, -0.1) is 0 Å². The second kappa shape index (κ2) is 6.26. The van der Waals surface area contributed by atoms with Crippen LogP contribution in [0, 0.1) is 40.6 Å². The highest BCUT2D eigenvalue weighted by Gasteiger charge is 2.08. The van der Waals surface area contributed by atoms with Crippen molar-refractivity contribution >= 4 is 12.2 Å². The van der Waals surface area contributed by atoms with Gasteiger partial charge in [-0.2, -0.15) is 10.5 Å². The van der Waals surface area contributed by atoms with E-state index in [0.717, 1.165) is 24.3 Å². The highest BCUT2D eigenvalue weighted by atomic mass is 16.3. The molecule has 6 nitrogen and oxygen atoms in total. The van der Waals surface area contributed by atoms with Gasteiger partial charge in [0, 0.05) is 11.1 Å². The van der Waals surface area contributed by atoms with Crippen LogP contribution in [0.15, 0.2) is 23.4 Å². The summed E-state index contributed by atoms with van der Waals surface area (Å²) in [4.78, 5) is 2.93. The molecule has 0 aliphatic heterocycles. The van der Waals surface area contributed by atoms with Crippen LogP contribution in [0.25, 0.3) is 17.0 Å². The lowest BCUT2D eigenvalue weighted by Gasteiger charge is -2.04. The molecule has 0 bridgehead atoms. The summed E-state index contributed by atoms with van der Waals surface area (Å²) in [7, 11) is 0. The second-order valence-corrected chi connectivity index (χ2v) is 3.50. The lowest BCUT2D eigenvalue weighted by molar-refractivity contribution is 0.458. The van der Waals surface area contributed by atoms with Gasteiger partial charge < -0.3 is 10.2 Å². The van der Waals surface area contributed by atoms with E-state index in [4.69, 9.17) is 22.4 Å². The van der Waals surface area contributed by atoms with Gasteiger partial charge in [-0.25, -0.2) is 10.1 Å². The standard InChI is InChI=1S/C14H6N4O2/c1-18-12(8-17)3-11-5-13(19)10(4-14(11)20)2-9(6-15)7-16/h2-5,19-20H/b12-3+. The average Bonchev–Trinajstić information content (AvgIpc) is 2.46. The molecule has 1 aromatic rings. The van der Waals surface area contributed by atoms with Crippen LogP contribution in [0.4, 0.5) is 0 Å². The molecular formula is C14H6N4O2. The van der Waals surface area contributed by atoms with Gasteiger partial charge in [-0.3, -0.25) is 0 Å². The van der Waals surface area contributed by atoms with Crippen molar-refractivity contribution in [2.75, 3.05) is 0 Å². The van der Waals surface area contributed by atoms with Crippen molar-refractivity contribution < 1.29 is 10.2 Å². The van der Waals surface area contributed by atoms with Crippen molar-refractivity contribution in [1.29, 1.82) is 15.8 Å². The van der Waals surface area contributed by atoms with Crippen molar-refractivity contribution in [2.24, 2.45) is 0 Å². The Morgan fingerprint density at radius 2 is 1.50 bits per heavy atom. The molecule has 20 heavy (non-hydrogen) atoms. The monoisotopic (exact) mass is 262 g/mol. The average molecular weight is 262 g/mol. The minimum Gasteiger partial charge on any atom is -0.507 e. The number of benzene rings is 1. The number of aromatic hydroxyl groups is 2. The minimum atomic E-state index is -0.292. The van der Waals surface area contributed by atoms with E-state index >= 15 is 0 Å².